The molecule has 1 unspecified atom stereocenters. The number of nitrogens with one attached hydrogen (secondary N) is 1. The largest absolute Gasteiger partial charge is 0.573 e. The van der Waals surface area contributed by atoms with Crippen molar-refractivity contribution in [2.24, 2.45) is 0 Å². The lowest BCUT2D eigenvalue weighted by atomic mass is 10.0. The van der Waals surface area contributed by atoms with Gasteiger partial charge < -0.3 is 14.5 Å². The number of ketones is 1. The molecule has 0 spiro atoms. The van der Waals surface area contributed by atoms with Gasteiger partial charge in [0.25, 0.3) is 0 Å². The minimum atomic E-state index is -4.84. The second kappa shape index (κ2) is 9.63. The summed E-state index contributed by atoms with van der Waals surface area (Å²) in [5, 5.41) is 3.60. The number of hydrogen-bond acceptors (Lipinski definition) is 4. The van der Waals surface area contributed by atoms with Crippen molar-refractivity contribution in [2.45, 2.75) is 51.3 Å². The molecule has 170 valence electrons. The lowest BCUT2D eigenvalue weighted by Gasteiger charge is -2.37. The van der Waals surface area contributed by atoms with Gasteiger partial charge in [-0.3, -0.25) is 4.79 Å². The van der Waals surface area contributed by atoms with E-state index < -0.39 is 32.3 Å². The lowest BCUT2D eigenvalue weighted by molar-refractivity contribution is -0.274. The summed E-state index contributed by atoms with van der Waals surface area (Å²) in [6, 6.07) is 11.0. The first-order valence-corrected chi connectivity index (χ1v) is 13.0. The second-order valence-corrected chi connectivity index (χ2v) is 14.0. The number of ether oxygens (including phenoxy) is 1. The van der Waals surface area contributed by atoms with Crippen molar-refractivity contribution in [3.8, 4) is 5.75 Å². The van der Waals surface area contributed by atoms with Gasteiger partial charge in [-0.2, -0.15) is 0 Å². The van der Waals surface area contributed by atoms with Crippen LogP contribution in [-0.2, 0) is 4.43 Å². The highest BCUT2D eigenvalue weighted by atomic mass is 35.5. The summed E-state index contributed by atoms with van der Waals surface area (Å²) >= 11 is 5.93. The Morgan fingerprint density at radius 2 is 1.71 bits per heavy atom. The normalized spacial score (nSPS) is 13.6. The molecule has 0 bridgehead atoms. The molecular weight excluding hydrogens is 447 g/mol. The van der Waals surface area contributed by atoms with E-state index in [1.807, 2.05) is 0 Å². The molecule has 0 aromatic heterocycles. The summed E-state index contributed by atoms with van der Waals surface area (Å²) in [7, 11) is -2.17. The molecular formula is C22H27ClF3NO3Si. The van der Waals surface area contributed by atoms with Crippen molar-refractivity contribution < 1.29 is 27.1 Å². The summed E-state index contributed by atoms with van der Waals surface area (Å²) in [4.78, 5) is 13.2. The fourth-order valence-electron chi connectivity index (χ4n) is 2.49. The van der Waals surface area contributed by atoms with Crippen molar-refractivity contribution in [2.75, 3.05) is 11.9 Å². The highest BCUT2D eigenvalue weighted by Crippen LogP contribution is 2.36. The Balaban J connectivity index is 2.29. The average Bonchev–Trinajstić information content (AvgIpc) is 2.64. The molecule has 31 heavy (non-hydrogen) atoms. The number of rotatable bonds is 8. The average molecular weight is 474 g/mol. The molecule has 2 aromatic rings. The SMILES string of the molecule is CC(C)(C)[Si](C)(C)OCC(Nc1ccc(Cl)cc1)C(=O)c1cccc(OC(F)(F)F)c1. The molecule has 0 aliphatic heterocycles. The predicted molar refractivity (Wildman–Crippen MR) is 119 cm³/mol. The van der Waals surface area contributed by atoms with Crippen molar-refractivity contribution in [1.82, 2.24) is 0 Å². The Labute approximate surface area is 186 Å². The Bertz CT molecular complexity index is 896. The van der Waals surface area contributed by atoms with Crippen molar-refractivity contribution in [3.05, 3.63) is 59.1 Å². The molecule has 1 atom stereocenters. The number of halogens is 4. The molecule has 2 rings (SSSR count). The molecule has 4 nitrogen and oxygen atoms in total. The number of hydrogen-bond donors (Lipinski definition) is 1. The van der Waals surface area contributed by atoms with Crippen LogP contribution in [0.15, 0.2) is 48.5 Å². The van der Waals surface area contributed by atoms with Crippen LogP contribution >= 0.6 is 11.6 Å². The number of alkyl halides is 3. The Kier molecular flexibility index (Phi) is 7.83. The van der Waals surface area contributed by atoms with Crippen LogP contribution in [0.1, 0.15) is 31.1 Å². The van der Waals surface area contributed by atoms with E-state index in [0.29, 0.717) is 10.7 Å². The maximum Gasteiger partial charge on any atom is 0.573 e. The highest BCUT2D eigenvalue weighted by molar-refractivity contribution is 6.74. The third kappa shape index (κ3) is 7.55. The summed E-state index contributed by atoms with van der Waals surface area (Å²) in [5.41, 5.74) is 0.733. The van der Waals surface area contributed by atoms with E-state index in [0.717, 1.165) is 12.1 Å². The maximum absolute atomic E-state index is 13.2. The van der Waals surface area contributed by atoms with Gasteiger partial charge in [0.05, 0.1) is 6.61 Å². The third-order valence-corrected chi connectivity index (χ3v) is 10.0. The van der Waals surface area contributed by atoms with Crippen LogP contribution in [-0.4, -0.2) is 33.1 Å². The van der Waals surface area contributed by atoms with Crippen LogP contribution in [0.5, 0.6) is 5.75 Å². The molecule has 2 aromatic carbocycles. The summed E-state index contributed by atoms with van der Waals surface area (Å²) in [5.74, 6) is -0.852. The molecule has 0 aliphatic carbocycles. The zero-order valence-electron chi connectivity index (χ0n) is 18.1. The minimum absolute atomic E-state index is 0.0681. The van der Waals surface area contributed by atoms with Crippen molar-refractivity contribution in [1.29, 1.82) is 0 Å². The second-order valence-electron chi connectivity index (χ2n) is 8.72. The van der Waals surface area contributed by atoms with Gasteiger partial charge in [0.15, 0.2) is 14.1 Å². The van der Waals surface area contributed by atoms with Gasteiger partial charge in [0.1, 0.15) is 11.8 Å². The number of carbonyl (C=O) groups excluding carboxylic acids is 1. The van der Waals surface area contributed by atoms with E-state index in [2.05, 4.69) is 43.9 Å². The molecule has 0 aliphatic rings. The maximum atomic E-state index is 13.2. The standard InChI is InChI=1S/C22H27ClF3NO3Si/c1-21(2,3)31(4,5)29-14-19(27-17-11-9-16(23)10-12-17)20(28)15-7-6-8-18(13-15)30-22(24,25)26/h6-13,19,27H,14H2,1-5H3. The van der Waals surface area contributed by atoms with E-state index in [1.54, 1.807) is 24.3 Å². The number of benzene rings is 2. The first-order chi connectivity index (χ1) is 14.2. The topological polar surface area (TPSA) is 47.6 Å². The highest BCUT2D eigenvalue weighted by Gasteiger charge is 2.38. The van der Waals surface area contributed by atoms with Gasteiger partial charge in [-0.05, 0) is 54.5 Å². The first-order valence-electron chi connectivity index (χ1n) is 9.74. The van der Waals surface area contributed by atoms with E-state index in [1.165, 1.54) is 12.1 Å². The van der Waals surface area contributed by atoms with Crippen LogP contribution in [0.4, 0.5) is 18.9 Å². The van der Waals surface area contributed by atoms with Gasteiger partial charge in [0, 0.05) is 16.3 Å². The Morgan fingerprint density at radius 1 is 1.10 bits per heavy atom. The van der Waals surface area contributed by atoms with Crippen LogP contribution in [0, 0.1) is 0 Å². The van der Waals surface area contributed by atoms with Crippen molar-refractivity contribution in [3.63, 3.8) is 0 Å². The molecule has 0 saturated carbocycles. The van der Waals surface area contributed by atoms with Crippen molar-refractivity contribution >= 4 is 31.4 Å². The Morgan fingerprint density at radius 3 is 2.26 bits per heavy atom. The van der Waals surface area contributed by atoms with E-state index >= 15 is 0 Å². The van der Waals surface area contributed by atoms with Gasteiger partial charge in [-0.25, -0.2) is 0 Å². The number of Topliss-reactive ketones (excluding diaryl/α,β-unsaturated/α-hetero) is 1. The van der Waals surface area contributed by atoms with Crippen LogP contribution < -0.4 is 10.1 Å². The van der Waals surface area contributed by atoms with Gasteiger partial charge in [0.2, 0.25) is 0 Å². The zero-order valence-corrected chi connectivity index (χ0v) is 19.9. The zero-order chi connectivity index (χ0) is 23.4. The molecule has 0 heterocycles. The molecule has 0 fully saturated rings. The summed E-state index contributed by atoms with van der Waals surface area (Å²) in [6.07, 6.45) is -4.84. The van der Waals surface area contributed by atoms with E-state index in [9.17, 15) is 18.0 Å². The monoisotopic (exact) mass is 473 g/mol. The predicted octanol–water partition coefficient (Wildman–Crippen LogP) is 6.92. The molecule has 0 amide bonds. The fourth-order valence-corrected chi connectivity index (χ4v) is 3.63. The number of carbonyl (C=O) groups is 1. The Hall–Kier alpha value is -2.03. The number of anilines is 1. The van der Waals surface area contributed by atoms with Crippen LogP contribution in [0.25, 0.3) is 0 Å². The lowest BCUT2D eigenvalue weighted by Crippen LogP contribution is -2.45. The smallest absolute Gasteiger partial charge is 0.414 e. The molecule has 0 radical (unpaired) electrons. The fraction of sp³-hybridized carbons (Fsp3) is 0.409. The van der Waals surface area contributed by atoms with Gasteiger partial charge in [-0.15, -0.1) is 13.2 Å². The summed E-state index contributed by atoms with van der Waals surface area (Å²) < 4.78 is 47.9. The molecule has 0 saturated heterocycles. The van der Waals surface area contributed by atoms with Gasteiger partial charge in [-0.1, -0.05) is 44.5 Å². The van der Waals surface area contributed by atoms with Crippen LogP contribution in [0.2, 0.25) is 23.2 Å². The third-order valence-electron chi connectivity index (χ3n) is 5.27. The molecule has 9 heteroatoms. The van der Waals surface area contributed by atoms with E-state index in [-0.39, 0.29) is 17.2 Å². The summed E-state index contributed by atoms with van der Waals surface area (Å²) in [6.45, 7) is 10.5. The van der Waals surface area contributed by atoms with E-state index in [4.69, 9.17) is 16.0 Å². The van der Waals surface area contributed by atoms with Gasteiger partial charge >= 0.3 is 6.36 Å². The minimum Gasteiger partial charge on any atom is -0.414 e. The first kappa shape index (κ1) is 25.2. The van der Waals surface area contributed by atoms with Crippen LogP contribution in [0.3, 0.4) is 0 Å². The quantitative estimate of drug-likeness (QED) is 0.334. The molecule has 1 N–H and O–H groups in total.